The van der Waals surface area contributed by atoms with Crippen LogP contribution in [-0.2, 0) is 6.42 Å². The molecule has 0 bridgehead atoms. The summed E-state index contributed by atoms with van der Waals surface area (Å²) in [5.74, 6) is 1.67. The molecule has 0 unspecified atom stereocenters. The number of ether oxygens (including phenoxy) is 3. The first-order valence-electron chi connectivity index (χ1n) is 6.24. The number of rotatable bonds is 5. The number of hydrogen-bond donors (Lipinski definition) is 1. The molecule has 0 amide bonds. The van der Waals surface area contributed by atoms with Gasteiger partial charge in [-0.15, -0.1) is 0 Å². The third kappa shape index (κ3) is 2.96. The summed E-state index contributed by atoms with van der Waals surface area (Å²) in [7, 11) is 4.68. The highest BCUT2D eigenvalue weighted by atomic mass is 16.5. The number of aromatic hydroxyl groups is 1. The van der Waals surface area contributed by atoms with Crippen LogP contribution >= 0.6 is 0 Å². The highest BCUT2D eigenvalue weighted by Crippen LogP contribution is 2.37. The van der Waals surface area contributed by atoms with Crippen molar-refractivity contribution in [3.05, 3.63) is 47.5 Å². The van der Waals surface area contributed by atoms with Gasteiger partial charge in [-0.3, -0.25) is 0 Å². The average Bonchev–Trinajstić information content (AvgIpc) is 2.49. The molecular weight excluding hydrogens is 256 g/mol. The molecule has 2 aromatic rings. The highest BCUT2D eigenvalue weighted by Gasteiger charge is 2.11. The summed E-state index contributed by atoms with van der Waals surface area (Å²) >= 11 is 0. The van der Waals surface area contributed by atoms with Gasteiger partial charge < -0.3 is 19.3 Å². The summed E-state index contributed by atoms with van der Waals surface area (Å²) < 4.78 is 15.4. The lowest BCUT2D eigenvalue weighted by Crippen LogP contribution is -1.94. The normalized spacial score (nSPS) is 10.2. The maximum absolute atomic E-state index is 9.88. The Hall–Kier alpha value is -2.36. The first-order valence-corrected chi connectivity index (χ1v) is 6.24. The Bertz CT molecular complexity index is 551. The zero-order valence-corrected chi connectivity index (χ0v) is 11.8. The van der Waals surface area contributed by atoms with E-state index in [0.717, 1.165) is 23.3 Å². The van der Waals surface area contributed by atoms with Crippen molar-refractivity contribution in [2.45, 2.75) is 6.42 Å². The summed E-state index contributed by atoms with van der Waals surface area (Å²) in [6, 6.07) is 11.5. The Morgan fingerprint density at radius 2 is 1.35 bits per heavy atom. The zero-order chi connectivity index (χ0) is 14.5. The summed E-state index contributed by atoms with van der Waals surface area (Å²) in [6.45, 7) is 0. The molecule has 20 heavy (non-hydrogen) atoms. The fourth-order valence-electron chi connectivity index (χ4n) is 2.03. The van der Waals surface area contributed by atoms with E-state index >= 15 is 0 Å². The largest absolute Gasteiger partial charge is 0.502 e. The molecule has 0 atom stereocenters. The molecule has 0 fully saturated rings. The van der Waals surface area contributed by atoms with Crippen molar-refractivity contribution in [2.75, 3.05) is 21.3 Å². The van der Waals surface area contributed by atoms with Crippen LogP contribution in [0.3, 0.4) is 0 Å². The average molecular weight is 274 g/mol. The lowest BCUT2D eigenvalue weighted by Gasteiger charge is -2.11. The number of phenolic OH excluding ortho intramolecular Hbond substituents is 1. The molecule has 2 rings (SSSR count). The van der Waals surface area contributed by atoms with E-state index < -0.39 is 0 Å². The summed E-state index contributed by atoms with van der Waals surface area (Å²) in [5, 5.41) is 9.88. The van der Waals surface area contributed by atoms with E-state index in [0.29, 0.717) is 11.5 Å². The lowest BCUT2D eigenvalue weighted by atomic mass is 10.0. The van der Waals surface area contributed by atoms with Gasteiger partial charge in [0.2, 0.25) is 5.75 Å². The quantitative estimate of drug-likeness (QED) is 0.910. The minimum absolute atomic E-state index is 0.0217. The van der Waals surface area contributed by atoms with Crippen LogP contribution in [0, 0.1) is 0 Å². The van der Waals surface area contributed by atoms with Crippen molar-refractivity contribution >= 4 is 0 Å². The van der Waals surface area contributed by atoms with Crippen molar-refractivity contribution in [3.63, 3.8) is 0 Å². The number of benzene rings is 2. The first-order chi connectivity index (χ1) is 9.67. The van der Waals surface area contributed by atoms with Crippen LogP contribution in [0.5, 0.6) is 23.0 Å². The Morgan fingerprint density at radius 3 is 1.80 bits per heavy atom. The highest BCUT2D eigenvalue weighted by molar-refractivity contribution is 5.53. The molecule has 0 radical (unpaired) electrons. The third-order valence-corrected chi connectivity index (χ3v) is 3.11. The van der Waals surface area contributed by atoms with Crippen LogP contribution in [0.15, 0.2) is 36.4 Å². The second-order valence-corrected chi connectivity index (χ2v) is 4.37. The predicted molar refractivity (Wildman–Crippen MR) is 77.0 cm³/mol. The van der Waals surface area contributed by atoms with Gasteiger partial charge >= 0.3 is 0 Å². The van der Waals surface area contributed by atoms with Crippen molar-refractivity contribution in [2.24, 2.45) is 0 Å². The molecule has 106 valence electrons. The third-order valence-electron chi connectivity index (χ3n) is 3.11. The number of methoxy groups -OCH3 is 3. The summed E-state index contributed by atoms with van der Waals surface area (Å²) in [5.41, 5.74) is 2.14. The van der Waals surface area contributed by atoms with E-state index in [1.807, 2.05) is 36.4 Å². The Labute approximate surface area is 118 Å². The van der Waals surface area contributed by atoms with Gasteiger partial charge in [0, 0.05) is 0 Å². The van der Waals surface area contributed by atoms with Crippen LogP contribution < -0.4 is 14.2 Å². The molecule has 0 aliphatic heterocycles. The monoisotopic (exact) mass is 274 g/mol. The van der Waals surface area contributed by atoms with Crippen LogP contribution in [0.1, 0.15) is 11.1 Å². The molecule has 0 heterocycles. The molecule has 4 nitrogen and oxygen atoms in total. The second kappa shape index (κ2) is 6.19. The van der Waals surface area contributed by atoms with E-state index in [2.05, 4.69) is 0 Å². The van der Waals surface area contributed by atoms with E-state index in [4.69, 9.17) is 14.2 Å². The number of hydrogen-bond acceptors (Lipinski definition) is 4. The van der Waals surface area contributed by atoms with Gasteiger partial charge in [-0.05, 0) is 41.8 Å². The van der Waals surface area contributed by atoms with Crippen molar-refractivity contribution in [1.82, 2.24) is 0 Å². The van der Waals surface area contributed by atoms with Gasteiger partial charge in [-0.2, -0.15) is 0 Å². The zero-order valence-electron chi connectivity index (χ0n) is 11.8. The van der Waals surface area contributed by atoms with Crippen LogP contribution in [0.25, 0.3) is 0 Å². The van der Waals surface area contributed by atoms with Crippen LogP contribution in [0.4, 0.5) is 0 Å². The maximum Gasteiger partial charge on any atom is 0.200 e. The standard InChI is InChI=1S/C16H18O4/c1-18-13-6-4-11(5-7-13)8-12-9-14(19-2)16(17)15(10-12)20-3/h4-7,9-10,17H,8H2,1-3H3. The predicted octanol–water partition coefficient (Wildman–Crippen LogP) is 3.01. The smallest absolute Gasteiger partial charge is 0.200 e. The van der Waals surface area contributed by atoms with Gasteiger partial charge in [-0.1, -0.05) is 12.1 Å². The molecule has 0 aromatic heterocycles. The molecule has 0 aliphatic carbocycles. The van der Waals surface area contributed by atoms with E-state index in [1.54, 1.807) is 7.11 Å². The van der Waals surface area contributed by atoms with E-state index in [-0.39, 0.29) is 5.75 Å². The van der Waals surface area contributed by atoms with Gasteiger partial charge in [0.1, 0.15) is 5.75 Å². The summed E-state index contributed by atoms with van der Waals surface area (Å²) in [6.07, 6.45) is 0.719. The SMILES string of the molecule is COc1ccc(Cc2cc(OC)c(O)c(OC)c2)cc1. The number of phenols is 1. The Balaban J connectivity index is 2.27. The van der Waals surface area contributed by atoms with Crippen molar-refractivity contribution in [1.29, 1.82) is 0 Å². The molecule has 0 saturated carbocycles. The van der Waals surface area contributed by atoms with Crippen LogP contribution in [0.2, 0.25) is 0 Å². The molecule has 0 aliphatic rings. The molecule has 0 spiro atoms. The maximum atomic E-state index is 9.88. The molecule has 1 N–H and O–H groups in total. The van der Waals surface area contributed by atoms with Gasteiger partial charge in [-0.25, -0.2) is 0 Å². The van der Waals surface area contributed by atoms with E-state index in [1.165, 1.54) is 14.2 Å². The van der Waals surface area contributed by atoms with Crippen LogP contribution in [-0.4, -0.2) is 26.4 Å². The van der Waals surface area contributed by atoms with Gasteiger partial charge in [0.15, 0.2) is 11.5 Å². The van der Waals surface area contributed by atoms with Crippen molar-refractivity contribution in [3.8, 4) is 23.0 Å². The molecular formula is C16H18O4. The molecule has 4 heteroatoms. The van der Waals surface area contributed by atoms with Crippen molar-refractivity contribution < 1.29 is 19.3 Å². The molecule has 0 saturated heterocycles. The Morgan fingerprint density at radius 1 is 0.800 bits per heavy atom. The van der Waals surface area contributed by atoms with E-state index in [9.17, 15) is 5.11 Å². The Kier molecular flexibility index (Phi) is 4.35. The summed E-state index contributed by atoms with van der Waals surface area (Å²) in [4.78, 5) is 0. The lowest BCUT2D eigenvalue weighted by molar-refractivity contribution is 0.339. The second-order valence-electron chi connectivity index (χ2n) is 4.37. The fourth-order valence-corrected chi connectivity index (χ4v) is 2.03. The first kappa shape index (κ1) is 14.1. The topological polar surface area (TPSA) is 47.9 Å². The van der Waals surface area contributed by atoms with Gasteiger partial charge in [0.05, 0.1) is 21.3 Å². The van der Waals surface area contributed by atoms with Gasteiger partial charge in [0.25, 0.3) is 0 Å². The minimum Gasteiger partial charge on any atom is -0.502 e. The fraction of sp³-hybridized carbons (Fsp3) is 0.250. The minimum atomic E-state index is 0.0217. The molecule has 2 aromatic carbocycles.